The lowest BCUT2D eigenvalue weighted by atomic mass is 10.0. The Morgan fingerprint density at radius 3 is 2.38 bits per heavy atom. The van der Waals surface area contributed by atoms with Gasteiger partial charge in [-0.2, -0.15) is 18.3 Å². The Hall–Kier alpha value is -3.28. The van der Waals surface area contributed by atoms with E-state index in [-0.39, 0.29) is 35.0 Å². The zero-order valence-electron chi connectivity index (χ0n) is 18.2. The molecule has 182 valence electrons. The van der Waals surface area contributed by atoms with E-state index in [1.165, 1.54) is 17.0 Å². The van der Waals surface area contributed by atoms with E-state index in [1.54, 1.807) is 18.7 Å². The minimum absolute atomic E-state index is 0.00169. The third-order valence-electron chi connectivity index (χ3n) is 5.38. The Kier molecular flexibility index (Phi) is 7.39. The average molecular weight is 500 g/mol. The Morgan fingerprint density at radius 1 is 1.15 bits per heavy atom. The van der Waals surface area contributed by atoms with Crippen molar-refractivity contribution in [2.24, 2.45) is 10.8 Å². The Labute approximate surface area is 198 Å². The smallest absolute Gasteiger partial charge is 0.375 e. The second-order valence-corrected chi connectivity index (χ2v) is 8.39. The fraction of sp³-hybridized carbons (Fsp3) is 0.318. The molecule has 1 aliphatic rings. The number of halogens is 5. The topological polar surface area (TPSA) is 74.0 Å². The highest BCUT2D eigenvalue weighted by molar-refractivity contribution is 7.80. The van der Waals surface area contributed by atoms with Crippen LogP contribution in [0.5, 0.6) is 0 Å². The number of benzene rings is 2. The molecule has 1 saturated heterocycles. The van der Waals surface area contributed by atoms with Crippen molar-refractivity contribution in [2.45, 2.75) is 32.1 Å². The van der Waals surface area contributed by atoms with Crippen LogP contribution in [0.25, 0.3) is 0 Å². The van der Waals surface area contributed by atoms with E-state index in [2.05, 4.69) is 22.7 Å². The van der Waals surface area contributed by atoms with Gasteiger partial charge in [0.25, 0.3) is 5.91 Å². The first-order valence-corrected chi connectivity index (χ1v) is 10.6. The van der Waals surface area contributed by atoms with Crippen molar-refractivity contribution in [3.05, 3.63) is 64.7 Å². The molecule has 3 rings (SSSR count). The largest absolute Gasteiger partial charge is 0.416 e. The van der Waals surface area contributed by atoms with Crippen molar-refractivity contribution in [3.63, 3.8) is 0 Å². The molecule has 1 aliphatic heterocycles. The molecule has 1 heterocycles. The maximum absolute atomic E-state index is 14.8. The van der Waals surface area contributed by atoms with Gasteiger partial charge < -0.3 is 15.5 Å². The molecule has 1 amide bonds. The predicted molar refractivity (Wildman–Crippen MR) is 123 cm³/mol. The van der Waals surface area contributed by atoms with Crippen LogP contribution in [0, 0.1) is 11.6 Å². The van der Waals surface area contributed by atoms with Crippen LogP contribution >= 0.6 is 12.2 Å². The highest BCUT2D eigenvalue weighted by atomic mass is 32.1. The molecule has 0 aromatic heterocycles. The van der Waals surface area contributed by atoms with Crippen LogP contribution in [0.3, 0.4) is 0 Å². The summed E-state index contributed by atoms with van der Waals surface area (Å²) in [5.74, 6) is -1.99. The van der Waals surface area contributed by atoms with E-state index < -0.39 is 41.4 Å². The van der Waals surface area contributed by atoms with Crippen LogP contribution < -0.4 is 16.1 Å². The molecule has 0 radical (unpaired) electrons. The molecule has 0 aliphatic carbocycles. The summed E-state index contributed by atoms with van der Waals surface area (Å²) < 4.78 is 68.5. The van der Waals surface area contributed by atoms with E-state index >= 15 is 0 Å². The zero-order chi connectivity index (χ0) is 25.2. The van der Waals surface area contributed by atoms with E-state index in [9.17, 15) is 26.7 Å². The normalized spacial score (nSPS) is 18.9. The number of nitrogens with two attached hydrogens (primary N) is 1. The molecule has 0 spiro atoms. The maximum Gasteiger partial charge on any atom is 0.416 e. The van der Waals surface area contributed by atoms with Crippen molar-refractivity contribution in [2.75, 3.05) is 18.0 Å². The van der Waals surface area contributed by atoms with Crippen molar-refractivity contribution in [3.8, 4) is 0 Å². The van der Waals surface area contributed by atoms with Gasteiger partial charge >= 0.3 is 6.18 Å². The molecular formula is C22H22F5N5OS. The Balaban J connectivity index is 1.80. The SMILES string of the molecule is C[C@@H]1CN(c2cc(F)c(C=NNC(N)=S)cc2F)C[C@H](C)N1C(=O)c1cccc(C(F)(F)F)c1. The van der Waals surface area contributed by atoms with Crippen LogP contribution in [0.2, 0.25) is 0 Å². The molecule has 34 heavy (non-hydrogen) atoms. The second kappa shape index (κ2) is 9.92. The van der Waals surface area contributed by atoms with Gasteiger partial charge in [0.1, 0.15) is 11.6 Å². The first-order valence-electron chi connectivity index (χ1n) is 10.2. The van der Waals surface area contributed by atoms with Crippen molar-refractivity contribution < 1.29 is 26.7 Å². The zero-order valence-corrected chi connectivity index (χ0v) is 19.1. The molecule has 2 atom stereocenters. The number of amides is 1. The molecule has 2 aromatic carbocycles. The summed E-state index contributed by atoms with van der Waals surface area (Å²) in [5.41, 5.74) is 6.35. The summed E-state index contributed by atoms with van der Waals surface area (Å²) >= 11 is 4.58. The number of carbonyl (C=O) groups is 1. The molecule has 0 saturated carbocycles. The van der Waals surface area contributed by atoms with Crippen molar-refractivity contribution in [1.29, 1.82) is 0 Å². The van der Waals surface area contributed by atoms with Crippen LogP contribution in [0.4, 0.5) is 27.6 Å². The standard InChI is InChI=1S/C22H22F5N5OS/c1-12-10-31(19-8-17(23)15(7-18(19)24)9-29-30-21(28)34)11-13(2)32(12)20(33)14-4-3-5-16(6-14)22(25,26)27/h3-9,12-13H,10-11H2,1-2H3,(H3,28,30,34)/t12-,13+. The highest BCUT2D eigenvalue weighted by Crippen LogP contribution is 2.31. The number of nitrogens with one attached hydrogen (secondary N) is 1. The fourth-order valence-electron chi connectivity index (χ4n) is 3.96. The number of carbonyl (C=O) groups excluding carboxylic acids is 1. The highest BCUT2D eigenvalue weighted by Gasteiger charge is 2.36. The van der Waals surface area contributed by atoms with Crippen LogP contribution in [-0.2, 0) is 6.18 Å². The van der Waals surface area contributed by atoms with Gasteiger partial charge in [0.2, 0.25) is 0 Å². The molecule has 2 aromatic rings. The van der Waals surface area contributed by atoms with Gasteiger partial charge in [0.05, 0.1) is 17.5 Å². The number of nitrogens with zero attached hydrogens (tertiary/aromatic N) is 3. The quantitative estimate of drug-likeness (QED) is 0.289. The number of thiocarbonyl (C=S) groups is 1. The molecule has 0 bridgehead atoms. The molecule has 12 heteroatoms. The molecule has 1 fully saturated rings. The lowest BCUT2D eigenvalue weighted by Gasteiger charge is -2.45. The number of piperazine rings is 1. The lowest BCUT2D eigenvalue weighted by molar-refractivity contribution is -0.137. The molecule has 3 N–H and O–H groups in total. The van der Waals surface area contributed by atoms with Crippen LogP contribution in [-0.4, -0.2) is 47.3 Å². The van der Waals surface area contributed by atoms with Gasteiger partial charge in [0, 0.05) is 42.4 Å². The van der Waals surface area contributed by atoms with E-state index in [0.29, 0.717) is 0 Å². The van der Waals surface area contributed by atoms with Crippen molar-refractivity contribution in [1.82, 2.24) is 10.3 Å². The van der Waals surface area contributed by atoms with Gasteiger partial charge in [-0.15, -0.1) is 0 Å². The number of alkyl halides is 3. The number of hydrazone groups is 1. The average Bonchev–Trinajstić information content (AvgIpc) is 2.74. The summed E-state index contributed by atoms with van der Waals surface area (Å²) in [6.07, 6.45) is -3.53. The molecule has 6 nitrogen and oxygen atoms in total. The summed E-state index contributed by atoms with van der Waals surface area (Å²) in [6, 6.07) is 5.26. The fourth-order valence-corrected chi connectivity index (χ4v) is 4.01. The van der Waals surface area contributed by atoms with E-state index in [0.717, 1.165) is 30.5 Å². The third-order valence-corrected chi connectivity index (χ3v) is 5.47. The molecular weight excluding hydrogens is 477 g/mol. The summed E-state index contributed by atoms with van der Waals surface area (Å²) in [7, 11) is 0. The number of hydrogen-bond donors (Lipinski definition) is 2. The second-order valence-electron chi connectivity index (χ2n) is 7.95. The summed E-state index contributed by atoms with van der Waals surface area (Å²) in [6.45, 7) is 3.71. The molecule has 0 unspecified atom stereocenters. The number of hydrogen-bond acceptors (Lipinski definition) is 4. The van der Waals surface area contributed by atoms with Crippen LogP contribution in [0.1, 0.15) is 35.3 Å². The van der Waals surface area contributed by atoms with Crippen LogP contribution in [0.15, 0.2) is 41.5 Å². The number of anilines is 1. The minimum Gasteiger partial charge on any atom is -0.375 e. The number of rotatable bonds is 4. The first-order chi connectivity index (χ1) is 15.9. The first kappa shape index (κ1) is 25.3. The van der Waals surface area contributed by atoms with Gasteiger partial charge in [-0.25, -0.2) is 8.78 Å². The van der Waals surface area contributed by atoms with Crippen molar-refractivity contribution >= 4 is 35.1 Å². The van der Waals surface area contributed by atoms with Gasteiger partial charge in [-0.05, 0) is 50.3 Å². The predicted octanol–water partition coefficient (Wildman–Crippen LogP) is 3.89. The Morgan fingerprint density at radius 2 is 1.79 bits per heavy atom. The van der Waals surface area contributed by atoms with Gasteiger partial charge in [-0.1, -0.05) is 6.07 Å². The third kappa shape index (κ3) is 5.61. The minimum atomic E-state index is -4.57. The Bertz CT molecular complexity index is 1110. The lowest BCUT2D eigenvalue weighted by Crippen LogP contribution is -2.59. The van der Waals surface area contributed by atoms with Gasteiger partial charge in [-0.3, -0.25) is 10.2 Å². The monoisotopic (exact) mass is 499 g/mol. The van der Waals surface area contributed by atoms with E-state index in [4.69, 9.17) is 5.73 Å². The van der Waals surface area contributed by atoms with Gasteiger partial charge in [0.15, 0.2) is 5.11 Å². The van der Waals surface area contributed by atoms with E-state index in [1.807, 2.05) is 0 Å². The maximum atomic E-state index is 14.8. The summed E-state index contributed by atoms with van der Waals surface area (Å²) in [4.78, 5) is 16.1. The summed E-state index contributed by atoms with van der Waals surface area (Å²) in [5, 5.41) is 3.48.